The van der Waals surface area contributed by atoms with Crippen LogP contribution in [0.1, 0.15) is 38.3 Å². The van der Waals surface area contributed by atoms with Crippen LogP contribution in [0.4, 0.5) is 0 Å². The molecule has 0 aliphatic heterocycles. The number of hydrogen-bond donors (Lipinski definition) is 0. The van der Waals surface area contributed by atoms with Gasteiger partial charge in [0.15, 0.2) is 11.6 Å². The van der Waals surface area contributed by atoms with Crippen molar-refractivity contribution in [2.75, 3.05) is 13.2 Å². The van der Waals surface area contributed by atoms with Crippen molar-refractivity contribution in [3.05, 3.63) is 144 Å². The second-order valence-corrected chi connectivity index (χ2v) is 8.32. The van der Waals surface area contributed by atoms with E-state index in [1.165, 1.54) is 0 Å². The zero-order valence-electron chi connectivity index (χ0n) is 20.5. The maximum absolute atomic E-state index is 12.2. The minimum absolute atomic E-state index is 0.0230. The molecule has 0 aliphatic carbocycles. The lowest BCUT2D eigenvalue weighted by Gasteiger charge is -2.08. The summed E-state index contributed by atoms with van der Waals surface area (Å²) >= 11 is 0. The van der Waals surface area contributed by atoms with Gasteiger partial charge in [-0.25, -0.2) is 0 Å². The van der Waals surface area contributed by atoms with Crippen molar-refractivity contribution in [1.29, 1.82) is 0 Å². The van der Waals surface area contributed by atoms with Crippen LogP contribution in [0.5, 0.6) is 11.5 Å². The lowest BCUT2D eigenvalue weighted by Crippen LogP contribution is -2.05. The molecular weight excluding hydrogens is 460 g/mol. The average molecular weight is 489 g/mol. The quantitative estimate of drug-likeness (QED) is 0.119. The van der Waals surface area contributed by atoms with Crippen LogP contribution in [0.3, 0.4) is 0 Å². The molecule has 37 heavy (non-hydrogen) atoms. The van der Waals surface area contributed by atoms with E-state index in [0.717, 1.165) is 29.0 Å². The molecular formula is C33H28O4. The Morgan fingerprint density at radius 2 is 0.892 bits per heavy atom. The molecule has 0 N–H and O–H groups in total. The van der Waals surface area contributed by atoms with Gasteiger partial charge in [-0.3, -0.25) is 9.59 Å². The number of carbonyl (C=O) groups excluding carboxylic acids is 2. The Morgan fingerprint density at radius 1 is 0.514 bits per heavy atom. The van der Waals surface area contributed by atoms with E-state index in [1.54, 1.807) is 48.6 Å². The molecule has 0 bridgehead atoms. The molecule has 0 unspecified atom stereocenters. The number of rotatable bonds is 12. The average Bonchev–Trinajstić information content (AvgIpc) is 2.96. The van der Waals surface area contributed by atoms with Crippen LogP contribution in [0.2, 0.25) is 0 Å². The van der Waals surface area contributed by atoms with E-state index in [0.29, 0.717) is 24.3 Å². The minimum atomic E-state index is -0.0230. The monoisotopic (exact) mass is 488 g/mol. The van der Waals surface area contributed by atoms with Crippen LogP contribution in [0.25, 0.3) is 12.2 Å². The molecule has 0 radical (unpaired) electrons. The number of hydrogen-bond acceptors (Lipinski definition) is 4. The van der Waals surface area contributed by atoms with E-state index in [2.05, 4.69) is 0 Å². The van der Waals surface area contributed by atoms with Gasteiger partial charge < -0.3 is 9.47 Å². The second kappa shape index (κ2) is 13.4. The summed E-state index contributed by atoms with van der Waals surface area (Å²) in [6.07, 6.45) is 7.50. The maximum atomic E-state index is 12.2. The van der Waals surface area contributed by atoms with Gasteiger partial charge in [0.1, 0.15) is 11.5 Å². The fourth-order valence-electron chi connectivity index (χ4n) is 3.53. The summed E-state index contributed by atoms with van der Waals surface area (Å²) in [5.41, 5.74) is 3.21. The molecule has 184 valence electrons. The largest absolute Gasteiger partial charge is 0.493 e. The van der Waals surface area contributed by atoms with Crippen molar-refractivity contribution >= 4 is 23.7 Å². The molecule has 0 amide bonds. The normalized spacial score (nSPS) is 11.0. The zero-order chi connectivity index (χ0) is 25.7. The number of ketones is 2. The first-order valence-corrected chi connectivity index (χ1v) is 12.2. The molecule has 0 aromatic heterocycles. The van der Waals surface area contributed by atoms with Gasteiger partial charge in [-0.15, -0.1) is 0 Å². The van der Waals surface area contributed by atoms with E-state index >= 15 is 0 Å². The first-order valence-electron chi connectivity index (χ1n) is 12.2. The summed E-state index contributed by atoms with van der Waals surface area (Å²) in [4.78, 5) is 24.3. The van der Waals surface area contributed by atoms with E-state index in [4.69, 9.17) is 9.47 Å². The van der Waals surface area contributed by atoms with Gasteiger partial charge in [0.05, 0.1) is 13.2 Å². The van der Waals surface area contributed by atoms with E-state index in [9.17, 15) is 9.59 Å². The Kier molecular flexibility index (Phi) is 9.20. The molecule has 0 spiro atoms. The van der Waals surface area contributed by atoms with Crippen molar-refractivity contribution in [1.82, 2.24) is 0 Å². The minimum Gasteiger partial charge on any atom is -0.493 e. The van der Waals surface area contributed by atoms with Gasteiger partial charge in [-0.1, -0.05) is 97.1 Å². The number of carbonyl (C=O) groups is 2. The van der Waals surface area contributed by atoms with Gasteiger partial charge in [-0.05, 0) is 47.5 Å². The number of ether oxygens (including phenoxy) is 2. The van der Waals surface area contributed by atoms with Crippen molar-refractivity contribution in [3.8, 4) is 11.5 Å². The van der Waals surface area contributed by atoms with Crippen LogP contribution in [-0.4, -0.2) is 24.8 Å². The fraction of sp³-hybridized carbons (Fsp3) is 0.0909. The van der Waals surface area contributed by atoms with E-state index in [-0.39, 0.29) is 11.6 Å². The molecule has 0 saturated heterocycles. The maximum Gasteiger partial charge on any atom is 0.185 e. The molecule has 0 atom stereocenters. The Morgan fingerprint density at radius 3 is 1.27 bits per heavy atom. The fourth-order valence-corrected chi connectivity index (χ4v) is 3.53. The van der Waals surface area contributed by atoms with Gasteiger partial charge >= 0.3 is 0 Å². The highest BCUT2D eigenvalue weighted by Gasteiger charge is 2.01. The SMILES string of the molecule is O=C(/C=C/c1ccc(OCCCOc2ccc(/C=C/C(=O)c3ccccc3)cc2)cc1)c1ccccc1. The lowest BCUT2D eigenvalue weighted by atomic mass is 10.1. The Balaban J connectivity index is 1.15. The van der Waals surface area contributed by atoms with Crippen molar-refractivity contribution in [2.45, 2.75) is 6.42 Å². The summed E-state index contributed by atoms with van der Waals surface area (Å²) in [6, 6.07) is 33.6. The molecule has 4 aromatic rings. The molecule has 0 fully saturated rings. The lowest BCUT2D eigenvalue weighted by molar-refractivity contribution is 0.103. The van der Waals surface area contributed by atoms with Crippen molar-refractivity contribution in [3.63, 3.8) is 0 Å². The summed E-state index contributed by atoms with van der Waals surface area (Å²) in [5, 5.41) is 0. The molecule has 4 nitrogen and oxygen atoms in total. The predicted octanol–water partition coefficient (Wildman–Crippen LogP) is 7.33. The van der Waals surface area contributed by atoms with Crippen LogP contribution < -0.4 is 9.47 Å². The molecule has 4 rings (SSSR count). The molecule has 4 aromatic carbocycles. The van der Waals surface area contributed by atoms with Crippen molar-refractivity contribution in [2.24, 2.45) is 0 Å². The van der Waals surface area contributed by atoms with Crippen LogP contribution in [0, 0.1) is 0 Å². The topological polar surface area (TPSA) is 52.6 Å². The third kappa shape index (κ3) is 8.18. The van der Waals surface area contributed by atoms with Crippen LogP contribution in [0.15, 0.2) is 121 Å². The molecule has 4 heteroatoms. The summed E-state index contributed by atoms with van der Waals surface area (Å²) in [5.74, 6) is 1.50. The molecule has 0 aliphatic rings. The smallest absolute Gasteiger partial charge is 0.185 e. The predicted molar refractivity (Wildman–Crippen MR) is 148 cm³/mol. The van der Waals surface area contributed by atoms with E-state index < -0.39 is 0 Å². The highest BCUT2D eigenvalue weighted by atomic mass is 16.5. The highest BCUT2D eigenvalue weighted by Crippen LogP contribution is 2.16. The summed E-state index contributed by atoms with van der Waals surface area (Å²) < 4.78 is 11.6. The molecule has 0 saturated carbocycles. The van der Waals surface area contributed by atoms with Gasteiger partial charge in [-0.2, -0.15) is 0 Å². The third-order valence-electron chi connectivity index (χ3n) is 5.56. The Labute approximate surface area is 217 Å². The van der Waals surface area contributed by atoms with Gasteiger partial charge in [0.25, 0.3) is 0 Å². The highest BCUT2D eigenvalue weighted by molar-refractivity contribution is 6.07. The summed E-state index contributed by atoms with van der Waals surface area (Å²) in [6.45, 7) is 1.06. The first kappa shape index (κ1) is 25.4. The third-order valence-corrected chi connectivity index (χ3v) is 5.56. The van der Waals surface area contributed by atoms with Crippen LogP contribution >= 0.6 is 0 Å². The second-order valence-electron chi connectivity index (χ2n) is 8.32. The van der Waals surface area contributed by atoms with Gasteiger partial charge in [0.2, 0.25) is 0 Å². The standard InChI is InChI=1S/C33H28O4/c34-32(28-8-3-1-4-9-28)22-16-26-12-18-30(19-13-26)36-24-7-25-37-31-20-14-27(15-21-31)17-23-33(35)29-10-5-2-6-11-29/h1-6,8-23H,7,24-25H2/b22-16+,23-17+. The number of benzene rings is 4. The van der Waals surface area contributed by atoms with Gasteiger partial charge in [0, 0.05) is 17.5 Å². The van der Waals surface area contributed by atoms with E-state index in [1.807, 2.05) is 84.9 Å². The van der Waals surface area contributed by atoms with Crippen LogP contribution in [-0.2, 0) is 0 Å². The molecule has 0 heterocycles. The van der Waals surface area contributed by atoms with Crippen molar-refractivity contribution < 1.29 is 19.1 Å². The zero-order valence-corrected chi connectivity index (χ0v) is 20.5. The Hall–Kier alpha value is -4.70. The number of allylic oxidation sites excluding steroid dienone is 2. The first-order chi connectivity index (χ1) is 18.2. The summed E-state index contributed by atoms with van der Waals surface area (Å²) in [7, 11) is 0. The Bertz CT molecular complexity index is 1230.